The highest BCUT2D eigenvalue weighted by molar-refractivity contribution is 14.0. The molecule has 0 atom stereocenters. The van der Waals surface area contributed by atoms with Crippen LogP contribution in [0.15, 0.2) is 33.8 Å². The van der Waals surface area contributed by atoms with Gasteiger partial charge in [0.25, 0.3) is 0 Å². The lowest BCUT2D eigenvalue weighted by Gasteiger charge is -2.20. The molecule has 29 heavy (non-hydrogen) atoms. The van der Waals surface area contributed by atoms with Crippen molar-refractivity contribution >= 4 is 29.9 Å². The molecule has 0 saturated heterocycles. The van der Waals surface area contributed by atoms with Gasteiger partial charge in [0, 0.05) is 25.2 Å². The van der Waals surface area contributed by atoms with Gasteiger partial charge in [0.15, 0.2) is 23.2 Å². The lowest BCUT2D eigenvalue weighted by atomic mass is 10.1. The molecular formula is C21H31IN4O3. The zero-order valence-electron chi connectivity index (χ0n) is 17.4. The molecule has 0 amide bonds. The molecule has 1 aromatic heterocycles. The summed E-state index contributed by atoms with van der Waals surface area (Å²) >= 11 is 0. The molecule has 1 aliphatic rings. The second kappa shape index (κ2) is 11.9. The van der Waals surface area contributed by atoms with Gasteiger partial charge in [-0.05, 0) is 38.2 Å². The van der Waals surface area contributed by atoms with Crippen LogP contribution in [0.3, 0.4) is 0 Å². The Kier molecular flexibility index (Phi) is 9.56. The molecule has 160 valence electrons. The minimum absolute atomic E-state index is 0. The first-order valence-electron chi connectivity index (χ1n) is 9.95. The highest BCUT2D eigenvalue weighted by Gasteiger charge is 2.20. The summed E-state index contributed by atoms with van der Waals surface area (Å²) < 4.78 is 17.1. The number of nitrogens with zero attached hydrogens (tertiary/aromatic N) is 2. The van der Waals surface area contributed by atoms with Gasteiger partial charge in [-0.15, -0.1) is 24.0 Å². The third-order valence-corrected chi connectivity index (χ3v) is 4.94. The van der Waals surface area contributed by atoms with Crippen LogP contribution in [0.5, 0.6) is 11.5 Å². The Morgan fingerprint density at radius 1 is 1.24 bits per heavy atom. The van der Waals surface area contributed by atoms with Gasteiger partial charge in [-0.2, -0.15) is 0 Å². The van der Waals surface area contributed by atoms with Gasteiger partial charge in [0.05, 0.1) is 25.5 Å². The molecule has 3 rings (SSSR count). The number of aryl methyl sites for hydroxylation is 1. The molecular weight excluding hydrogens is 483 g/mol. The second-order valence-electron chi connectivity index (χ2n) is 6.89. The molecule has 1 heterocycles. The summed E-state index contributed by atoms with van der Waals surface area (Å²) in [5.41, 5.74) is 1.99. The summed E-state index contributed by atoms with van der Waals surface area (Å²) in [4.78, 5) is 4.28. The van der Waals surface area contributed by atoms with E-state index in [0.717, 1.165) is 47.8 Å². The van der Waals surface area contributed by atoms with Crippen molar-refractivity contribution in [3.63, 3.8) is 0 Å². The fourth-order valence-corrected chi connectivity index (χ4v) is 3.34. The van der Waals surface area contributed by atoms with Crippen molar-refractivity contribution in [1.29, 1.82) is 0 Å². The number of aliphatic imine (C=N–C) groups is 1. The predicted molar refractivity (Wildman–Crippen MR) is 124 cm³/mol. The number of hydrogen-bond acceptors (Lipinski definition) is 5. The van der Waals surface area contributed by atoms with Gasteiger partial charge >= 0.3 is 0 Å². The van der Waals surface area contributed by atoms with E-state index in [0.29, 0.717) is 19.0 Å². The van der Waals surface area contributed by atoms with Crippen molar-refractivity contribution < 1.29 is 14.0 Å². The Morgan fingerprint density at radius 2 is 2.00 bits per heavy atom. The quantitative estimate of drug-likeness (QED) is 0.315. The average Bonchev–Trinajstić information content (AvgIpc) is 3.40. The molecule has 0 radical (unpaired) electrons. The minimum atomic E-state index is 0. The summed E-state index contributed by atoms with van der Waals surface area (Å²) in [6.45, 7) is 3.15. The zero-order chi connectivity index (χ0) is 19.8. The van der Waals surface area contributed by atoms with E-state index < -0.39 is 0 Å². The largest absolute Gasteiger partial charge is 0.493 e. The van der Waals surface area contributed by atoms with E-state index in [1.54, 1.807) is 14.2 Å². The van der Waals surface area contributed by atoms with Crippen molar-refractivity contribution in [3.05, 3.63) is 41.3 Å². The first-order chi connectivity index (χ1) is 13.7. The molecule has 0 aliphatic heterocycles. The predicted octanol–water partition coefficient (Wildman–Crippen LogP) is 4.05. The number of guanidine groups is 1. The van der Waals surface area contributed by atoms with Crippen LogP contribution in [-0.4, -0.2) is 31.4 Å². The molecule has 2 N–H and O–H groups in total. The number of halogens is 1. The maximum atomic E-state index is 6.29. The summed E-state index contributed by atoms with van der Waals surface area (Å²) in [5.74, 6) is 3.06. The van der Waals surface area contributed by atoms with Crippen LogP contribution in [0.25, 0.3) is 0 Å². The Labute approximate surface area is 189 Å². The fourth-order valence-electron chi connectivity index (χ4n) is 3.34. The van der Waals surface area contributed by atoms with Crippen LogP contribution in [0.2, 0.25) is 0 Å². The number of methoxy groups -OCH3 is 1. The van der Waals surface area contributed by atoms with Gasteiger partial charge in [-0.3, -0.25) is 4.99 Å². The summed E-state index contributed by atoms with van der Waals surface area (Å²) in [6, 6.07) is 7.93. The second-order valence-corrected chi connectivity index (χ2v) is 6.89. The molecule has 1 aromatic carbocycles. The molecule has 0 unspecified atom stereocenters. The lowest BCUT2D eigenvalue weighted by Crippen LogP contribution is -2.36. The summed E-state index contributed by atoms with van der Waals surface area (Å²) in [6.07, 6.45) is 5.79. The summed E-state index contributed by atoms with van der Waals surface area (Å²) in [7, 11) is 3.42. The summed E-state index contributed by atoms with van der Waals surface area (Å²) in [5, 5.41) is 10.6. The Morgan fingerprint density at radius 3 is 2.66 bits per heavy atom. The van der Waals surface area contributed by atoms with E-state index in [4.69, 9.17) is 14.0 Å². The van der Waals surface area contributed by atoms with E-state index in [9.17, 15) is 0 Å². The van der Waals surface area contributed by atoms with Gasteiger partial charge in [0.1, 0.15) is 0 Å². The molecule has 1 fully saturated rings. The molecule has 1 saturated carbocycles. The van der Waals surface area contributed by atoms with Crippen LogP contribution >= 0.6 is 24.0 Å². The standard InChI is InChI=1S/C21H30N4O3.HI/c1-4-16-12-18(28-25-16)14-24-21(22-2)23-13-15-8-7-11-19(26-3)20(15)27-17-9-5-6-10-17;/h7-8,11-12,17H,4-6,9-10,13-14H2,1-3H3,(H2,22,23,24);1H. The third-order valence-electron chi connectivity index (χ3n) is 4.94. The molecule has 8 heteroatoms. The first kappa shape index (κ1) is 23.3. The van der Waals surface area contributed by atoms with E-state index in [1.807, 2.05) is 18.2 Å². The van der Waals surface area contributed by atoms with Crippen LogP contribution in [0, 0.1) is 0 Å². The fraction of sp³-hybridized carbons (Fsp3) is 0.524. The van der Waals surface area contributed by atoms with E-state index in [-0.39, 0.29) is 30.1 Å². The Hall–Kier alpha value is -1.97. The zero-order valence-corrected chi connectivity index (χ0v) is 19.7. The van der Waals surface area contributed by atoms with Gasteiger partial charge in [-0.1, -0.05) is 24.2 Å². The van der Waals surface area contributed by atoms with Crippen molar-refractivity contribution in [2.75, 3.05) is 14.2 Å². The molecule has 7 nitrogen and oxygen atoms in total. The number of hydrogen-bond donors (Lipinski definition) is 2. The highest BCUT2D eigenvalue weighted by atomic mass is 127. The van der Waals surface area contributed by atoms with Crippen LogP contribution in [0.4, 0.5) is 0 Å². The number of ether oxygens (including phenoxy) is 2. The molecule has 1 aliphatic carbocycles. The monoisotopic (exact) mass is 514 g/mol. The van der Waals surface area contributed by atoms with E-state index in [2.05, 4.69) is 33.8 Å². The maximum Gasteiger partial charge on any atom is 0.191 e. The Bertz CT molecular complexity index is 788. The third kappa shape index (κ3) is 6.52. The van der Waals surface area contributed by atoms with Crippen LogP contribution in [-0.2, 0) is 19.5 Å². The molecule has 0 bridgehead atoms. The van der Waals surface area contributed by atoms with Gasteiger partial charge < -0.3 is 24.6 Å². The van der Waals surface area contributed by atoms with Crippen molar-refractivity contribution in [2.45, 2.75) is 58.2 Å². The Balaban J connectivity index is 0.00000300. The number of rotatable bonds is 8. The van der Waals surface area contributed by atoms with Crippen molar-refractivity contribution in [1.82, 2.24) is 15.8 Å². The normalized spacial score (nSPS) is 14.4. The van der Waals surface area contributed by atoms with Crippen LogP contribution in [0.1, 0.15) is 49.6 Å². The average molecular weight is 514 g/mol. The number of aromatic nitrogens is 1. The van der Waals surface area contributed by atoms with E-state index >= 15 is 0 Å². The highest BCUT2D eigenvalue weighted by Crippen LogP contribution is 2.34. The van der Waals surface area contributed by atoms with Gasteiger partial charge in [0.2, 0.25) is 0 Å². The topological polar surface area (TPSA) is 80.9 Å². The van der Waals surface area contributed by atoms with Crippen molar-refractivity contribution in [2.24, 2.45) is 4.99 Å². The molecule has 2 aromatic rings. The lowest BCUT2D eigenvalue weighted by molar-refractivity contribution is 0.198. The number of benzene rings is 1. The maximum absolute atomic E-state index is 6.29. The minimum Gasteiger partial charge on any atom is -0.493 e. The van der Waals surface area contributed by atoms with E-state index in [1.165, 1.54) is 12.8 Å². The van der Waals surface area contributed by atoms with Crippen LogP contribution < -0.4 is 20.1 Å². The SMILES string of the molecule is CCc1cc(CNC(=NC)NCc2cccc(OC)c2OC2CCCC2)on1.I. The first-order valence-corrected chi connectivity index (χ1v) is 9.95. The van der Waals surface area contributed by atoms with Crippen molar-refractivity contribution in [3.8, 4) is 11.5 Å². The number of nitrogens with one attached hydrogen (secondary N) is 2. The van der Waals surface area contributed by atoms with Gasteiger partial charge in [-0.25, -0.2) is 0 Å². The molecule has 0 spiro atoms. The smallest absolute Gasteiger partial charge is 0.191 e. The number of para-hydroxylation sites is 1.